The van der Waals surface area contributed by atoms with Crippen LogP contribution in [-0.2, 0) is 0 Å². The van der Waals surface area contributed by atoms with Crippen molar-refractivity contribution < 1.29 is 0 Å². The Morgan fingerprint density at radius 2 is 0.616 bits per heavy atom. The number of fused-ring (bicyclic) bond motifs is 12. The van der Waals surface area contributed by atoms with Crippen LogP contribution in [0.3, 0.4) is 0 Å². The molecule has 0 radical (unpaired) electrons. The Morgan fingerprint density at radius 3 is 1.04 bits per heavy atom. The first-order chi connectivity index (χ1) is 36.1. The van der Waals surface area contributed by atoms with Crippen LogP contribution in [0.5, 0.6) is 0 Å². The molecule has 0 spiro atoms. The largest absolute Gasteiger partial charge is 0.307 e. The van der Waals surface area contributed by atoms with Crippen molar-refractivity contribution in [2.75, 3.05) is 9.80 Å². The van der Waals surface area contributed by atoms with Gasteiger partial charge in [0.1, 0.15) is 0 Å². The van der Waals surface area contributed by atoms with Gasteiger partial charge in [0.05, 0.1) is 52.9 Å². The van der Waals surface area contributed by atoms with Gasteiger partial charge in [-0.3, -0.25) is 0 Å². The van der Waals surface area contributed by atoms with Crippen molar-refractivity contribution in [1.82, 2.24) is 0 Å². The Hall–Kier alpha value is -7.84. The van der Waals surface area contributed by atoms with E-state index >= 15 is 0 Å². The number of thiophene rings is 4. The molecule has 0 aliphatic rings. The molecule has 16 aromatic rings. The summed E-state index contributed by atoms with van der Waals surface area (Å²) in [5.74, 6) is 0.262. The van der Waals surface area contributed by atoms with Crippen LogP contribution in [0.25, 0.3) is 113 Å². The van der Waals surface area contributed by atoms with Gasteiger partial charge in [-0.15, -0.1) is 45.3 Å². The second-order valence-electron chi connectivity index (χ2n) is 19.7. The fourth-order valence-corrected chi connectivity index (χ4v) is 17.0. The van der Waals surface area contributed by atoms with Gasteiger partial charge in [-0.25, -0.2) is 0 Å². The minimum atomic E-state index is 0.262. The second-order valence-corrected chi connectivity index (χ2v) is 23.9. The smallest absolute Gasteiger partial charge is 0.0641 e. The molecule has 2 nitrogen and oxygen atoms in total. The van der Waals surface area contributed by atoms with E-state index in [1.807, 2.05) is 45.3 Å². The molecule has 6 heteroatoms. The quantitative estimate of drug-likeness (QED) is 0.147. The fourth-order valence-electron chi connectivity index (χ4n) is 12.2. The highest BCUT2D eigenvalue weighted by atomic mass is 32.1. The molecule has 0 N–H and O–H groups in total. The Kier molecular flexibility index (Phi) is 9.05. The van der Waals surface area contributed by atoms with E-state index in [1.165, 1.54) is 153 Å². The first-order valence-electron chi connectivity index (χ1n) is 25.0. The molecule has 4 heterocycles. The molecular formula is C67H42N2S4. The number of benzene rings is 12. The van der Waals surface area contributed by atoms with Crippen LogP contribution in [0.4, 0.5) is 34.1 Å². The zero-order chi connectivity index (χ0) is 48.1. The van der Waals surface area contributed by atoms with Crippen molar-refractivity contribution in [2.45, 2.75) is 19.8 Å². The molecule has 0 aliphatic heterocycles. The first-order valence-corrected chi connectivity index (χ1v) is 28.3. The third-order valence-corrected chi connectivity index (χ3v) is 20.2. The van der Waals surface area contributed by atoms with Gasteiger partial charge in [0, 0.05) is 72.7 Å². The Labute approximate surface area is 436 Å². The molecule has 0 amide bonds. The molecule has 16 rings (SSSR count). The molecule has 0 saturated heterocycles. The standard InChI is InChI=1S/C67H42N2S4/c1-38(2)51-37-57(69(55-25-13-21-47-42-17-5-9-29-60(42)72-66(47)55)56-26-14-22-48-43-18-6-10-30-61(43)73-67(48)56)50-33-31-39-32-36-52(49-35-34-44(51)63(50)62(39)49)68(53-23-11-19-45-40-15-3-7-27-58(40)70-64(45)53)54-24-12-20-46-41-16-4-8-28-59(41)71-65(46)54/h3-38H,1-2H3. The summed E-state index contributed by atoms with van der Waals surface area (Å²) in [6.45, 7) is 4.73. The SMILES string of the molecule is CC(C)c1cc(N(c2cccc3c2sc2ccccc23)c2cccc3c2sc2ccccc23)c2ccc3ccc(N(c4cccc5c4sc4ccccc45)c4cccc5c4sc4ccccc45)c4ccc1c2c34. The van der Waals surface area contributed by atoms with Gasteiger partial charge >= 0.3 is 0 Å². The molecule has 0 atom stereocenters. The van der Waals surface area contributed by atoms with E-state index in [2.05, 4.69) is 236 Å². The lowest BCUT2D eigenvalue weighted by molar-refractivity contribution is 0.876. The van der Waals surface area contributed by atoms with Gasteiger partial charge in [0.15, 0.2) is 0 Å². The predicted molar refractivity (Wildman–Crippen MR) is 325 cm³/mol. The van der Waals surface area contributed by atoms with Crippen LogP contribution in [0, 0.1) is 0 Å². The van der Waals surface area contributed by atoms with Crippen LogP contribution < -0.4 is 9.80 Å². The van der Waals surface area contributed by atoms with Crippen molar-refractivity contribution in [2.24, 2.45) is 0 Å². The van der Waals surface area contributed by atoms with E-state index in [9.17, 15) is 0 Å². The van der Waals surface area contributed by atoms with E-state index < -0.39 is 0 Å². The second kappa shape index (κ2) is 15.8. The van der Waals surface area contributed by atoms with Gasteiger partial charge in [0.2, 0.25) is 0 Å². The van der Waals surface area contributed by atoms with Crippen molar-refractivity contribution in [1.29, 1.82) is 0 Å². The van der Waals surface area contributed by atoms with Crippen LogP contribution in [0.15, 0.2) is 212 Å². The minimum Gasteiger partial charge on any atom is -0.307 e. The highest BCUT2D eigenvalue weighted by molar-refractivity contribution is 7.28. The Bertz CT molecular complexity index is 4700. The van der Waals surface area contributed by atoms with E-state index in [0.717, 1.165) is 0 Å². The third-order valence-electron chi connectivity index (χ3n) is 15.4. The van der Waals surface area contributed by atoms with Crippen LogP contribution >= 0.6 is 45.3 Å². The highest BCUT2D eigenvalue weighted by Gasteiger charge is 2.28. The molecule has 0 saturated carbocycles. The van der Waals surface area contributed by atoms with E-state index in [1.54, 1.807) is 0 Å². The molecule has 4 aromatic heterocycles. The normalized spacial score (nSPS) is 12.4. The van der Waals surface area contributed by atoms with Gasteiger partial charge < -0.3 is 9.80 Å². The monoisotopic (exact) mass is 1000 g/mol. The van der Waals surface area contributed by atoms with Gasteiger partial charge in [-0.1, -0.05) is 166 Å². The zero-order valence-corrected chi connectivity index (χ0v) is 43.1. The molecular weight excluding hydrogens is 961 g/mol. The number of hydrogen-bond acceptors (Lipinski definition) is 6. The summed E-state index contributed by atoms with van der Waals surface area (Å²) in [7, 11) is 0. The van der Waals surface area contributed by atoms with Gasteiger partial charge in [-0.2, -0.15) is 0 Å². The Balaban J connectivity index is 1.03. The third kappa shape index (κ3) is 6.01. The molecule has 0 fully saturated rings. The highest BCUT2D eigenvalue weighted by Crippen LogP contribution is 2.55. The molecule has 12 aromatic carbocycles. The first kappa shape index (κ1) is 41.7. The van der Waals surface area contributed by atoms with Crippen molar-refractivity contribution in [3.05, 3.63) is 218 Å². The molecule has 73 heavy (non-hydrogen) atoms. The van der Waals surface area contributed by atoms with Crippen LogP contribution in [0.2, 0.25) is 0 Å². The maximum Gasteiger partial charge on any atom is 0.0641 e. The summed E-state index contributed by atoms with van der Waals surface area (Å²) in [5, 5.41) is 18.0. The summed E-state index contributed by atoms with van der Waals surface area (Å²) in [4.78, 5) is 5.23. The fraction of sp³-hybridized carbons (Fsp3) is 0.0448. The van der Waals surface area contributed by atoms with E-state index in [-0.39, 0.29) is 5.92 Å². The van der Waals surface area contributed by atoms with Crippen LogP contribution in [0.1, 0.15) is 25.3 Å². The van der Waals surface area contributed by atoms with Crippen molar-refractivity contribution in [3.8, 4) is 0 Å². The Morgan fingerprint density at radius 1 is 0.274 bits per heavy atom. The average Bonchev–Trinajstić information content (AvgIpc) is 4.22. The lowest BCUT2D eigenvalue weighted by Crippen LogP contribution is -2.12. The van der Waals surface area contributed by atoms with E-state index in [0.29, 0.717) is 0 Å². The van der Waals surface area contributed by atoms with Crippen molar-refractivity contribution in [3.63, 3.8) is 0 Å². The molecule has 344 valence electrons. The molecule has 0 unspecified atom stereocenters. The van der Waals surface area contributed by atoms with Gasteiger partial charge in [0.25, 0.3) is 0 Å². The van der Waals surface area contributed by atoms with Crippen LogP contribution in [-0.4, -0.2) is 0 Å². The molecule has 0 aliphatic carbocycles. The predicted octanol–water partition coefficient (Wildman–Crippen LogP) is 22.1. The summed E-state index contributed by atoms with van der Waals surface area (Å²) in [5.41, 5.74) is 8.52. The lowest BCUT2D eigenvalue weighted by atomic mass is 9.86. The lowest BCUT2D eigenvalue weighted by Gasteiger charge is -2.31. The minimum absolute atomic E-state index is 0.262. The van der Waals surface area contributed by atoms with Gasteiger partial charge in [-0.05, 0) is 93.7 Å². The summed E-state index contributed by atoms with van der Waals surface area (Å²) < 4.78 is 10.4. The maximum absolute atomic E-state index is 2.63. The summed E-state index contributed by atoms with van der Waals surface area (Å²) in [6.07, 6.45) is 0. The number of nitrogens with zero attached hydrogens (tertiary/aromatic N) is 2. The number of hydrogen-bond donors (Lipinski definition) is 0. The maximum atomic E-state index is 2.63. The molecule has 0 bridgehead atoms. The zero-order valence-electron chi connectivity index (χ0n) is 39.8. The number of rotatable bonds is 7. The average molecular weight is 1000 g/mol. The summed E-state index contributed by atoms with van der Waals surface area (Å²) >= 11 is 7.60. The van der Waals surface area contributed by atoms with Crippen molar-refractivity contribution >= 4 is 192 Å². The topological polar surface area (TPSA) is 6.48 Å². The van der Waals surface area contributed by atoms with E-state index in [4.69, 9.17) is 0 Å². The summed E-state index contributed by atoms with van der Waals surface area (Å²) in [6, 6.07) is 80.2. The number of anilines is 6.